The third-order valence-corrected chi connectivity index (χ3v) is 5.95. The van der Waals surface area contributed by atoms with Gasteiger partial charge >= 0.3 is 0 Å². The van der Waals surface area contributed by atoms with Crippen molar-refractivity contribution in [2.24, 2.45) is 5.92 Å². The monoisotopic (exact) mass is 283 g/mol. The number of alkyl halides is 1. The maximum Gasteiger partial charge on any atom is 0.103 e. The maximum absolute atomic E-state index is 13.3. The SMILES string of the molecule is FC1CCC(C[NH+]2CCCCC2C2CCCCN2)CC1. The van der Waals surface area contributed by atoms with Crippen molar-refractivity contribution in [1.29, 1.82) is 0 Å². The Labute approximate surface area is 123 Å². The fraction of sp³-hybridized carbons (Fsp3) is 1.00. The molecule has 1 aliphatic carbocycles. The summed E-state index contributed by atoms with van der Waals surface area (Å²) in [5.41, 5.74) is 0. The number of nitrogens with one attached hydrogen (secondary N) is 2. The first kappa shape index (κ1) is 14.8. The van der Waals surface area contributed by atoms with Crippen LogP contribution < -0.4 is 10.2 Å². The molecule has 2 saturated heterocycles. The van der Waals surface area contributed by atoms with Crippen molar-refractivity contribution in [3.8, 4) is 0 Å². The van der Waals surface area contributed by atoms with Crippen LogP contribution in [-0.2, 0) is 0 Å². The van der Waals surface area contributed by atoms with Gasteiger partial charge in [0, 0.05) is 12.3 Å². The Morgan fingerprint density at radius 1 is 0.900 bits per heavy atom. The Balaban J connectivity index is 1.54. The molecule has 20 heavy (non-hydrogen) atoms. The molecule has 0 amide bonds. The molecule has 3 atom stereocenters. The Kier molecular flexibility index (Phi) is 5.33. The number of quaternary nitrogens is 1. The number of rotatable bonds is 3. The summed E-state index contributed by atoms with van der Waals surface area (Å²) in [5, 5.41) is 3.78. The fourth-order valence-corrected chi connectivity index (χ4v) is 4.76. The first-order valence-corrected chi connectivity index (χ1v) is 9.05. The van der Waals surface area contributed by atoms with Crippen LogP contribution in [0, 0.1) is 5.92 Å². The minimum atomic E-state index is -0.501. The van der Waals surface area contributed by atoms with Gasteiger partial charge in [-0.25, -0.2) is 4.39 Å². The van der Waals surface area contributed by atoms with Crippen LogP contribution in [0.3, 0.4) is 0 Å². The van der Waals surface area contributed by atoms with Crippen molar-refractivity contribution in [2.75, 3.05) is 19.6 Å². The number of piperidine rings is 2. The molecule has 3 rings (SSSR count). The third kappa shape index (κ3) is 3.73. The normalized spacial score (nSPS) is 43.4. The summed E-state index contributed by atoms with van der Waals surface area (Å²) < 4.78 is 13.3. The fourth-order valence-electron chi connectivity index (χ4n) is 4.76. The molecule has 0 spiro atoms. The zero-order chi connectivity index (χ0) is 13.8. The predicted molar refractivity (Wildman–Crippen MR) is 80.8 cm³/mol. The molecule has 3 aliphatic rings. The number of likely N-dealkylation sites (tertiary alicyclic amines) is 1. The molecule has 1 saturated carbocycles. The first-order valence-electron chi connectivity index (χ1n) is 9.05. The molecule has 2 heterocycles. The lowest BCUT2D eigenvalue weighted by Gasteiger charge is -2.41. The van der Waals surface area contributed by atoms with E-state index in [1.165, 1.54) is 58.2 Å². The smallest absolute Gasteiger partial charge is 0.103 e. The van der Waals surface area contributed by atoms with E-state index in [1.54, 1.807) is 0 Å². The van der Waals surface area contributed by atoms with Gasteiger partial charge in [0.15, 0.2) is 0 Å². The lowest BCUT2D eigenvalue weighted by molar-refractivity contribution is -0.935. The maximum atomic E-state index is 13.3. The van der Waals surface area contributed by atoms with E-state index in [4.69, 9.17) is 0 Å². The van der Waals surface area contributed by atoms with Crippen molar-refractivity contribution in [3.05, 3.63) is 0 Å². The van der Waals surface area contributed by atoms with Gasteiger partial charge in [-0.05, 0) is 57.9 Å². The summed E-state index contributed by atoms with van der Waals surface area (Å²) in [5.74, 6) is 0.793. The van der Waals surface area contributed by atoms with Crippen LogP contribution in [0.25, 0.3) is 0 Å². The molecule has 3 fully saturated rings. The molecular weight excluding hydrogens is 251 g/mol. The second kappa shape index (κ2) is 7.22. The molecule has 116 valence electrons. The minimum absolute atomic E-state index is 0.501. The second-order valence-corrected chi connectivity index (χ2v) is 7.39. The van der Waals surface area contributed by atoms with E-state index < -0.39 is 6.17 Å². The molecule has 0 aromatic heterocycles. The van der Waals surface area contributed by atoms with Crippen LogP contribution in [0.2, 0.25) is 0 Å². The van der Waals surface area contributed by atoms with E-state index in [1.807, 2.05) is 4.90 Å². The van der Waals surface area contributed by atoms with Crippen molar-refractivity contribution in [2.45, 2.75) is 82.5 Å². The molecule has 2 nitrogen and oxygen atoms in total. The molecule has 3 unspecified atom stereocenters. The summed E-state index contributed by atoms with van der Waals surface area (Å²) in [7, 11) is 0. The lowest BCUT2D eigenvalue weighted by Crippen LogP contribution is -3.18. The Morgan fingerprint density at radius 2 is 1.70 bits per heavy atom. The van der Waals surface area contributed by atoms with Crippen LogP contribution in [0.15, 0.2) is 0 Å². The van der Waals surface area contributed by atoms with Crippen LogP contribution in [0.5, 0.6) is 0 Å². The van der Waals surface area contributed by atoms with Crippen molar-refractivity contribution in [1.82, 2.24) is 5.32 Å². The van der Waals surface area contributed by atoms with Gasteiger partial charge in [-0.15, -0.1) is 0 Å². The Bertz CT molecular complexity index is 283. The van der Waals surface area contributed by atoms with Gasteiger partial charge in [0.1, 0.15) is 12.2 Å². The van der Waals surface area contributed by atoms with Gasteiger partial charge in [0.05, 0.1) is 19.1 Å². The zero-order valence-corrected chi connectivity index (χ0v) is 12.9. The van der Waals surface area contributed by atoms with Crippen LogP contribution in [-0.4, -0.2) is 37.9 Å². The summed E-state index contributed by atoms with van der Waals surface area (Å²) in [6, 6.07) is 1.60. The number of hydrogen-bond donors (Lipinski definition) is 2. The summed E-state index contributed by atoms with van der Waals surface area (Å²) in [4.78, 5) is 1.85. The van der Waals surface area contributed by atoms with Crippen molar-refractivity contribution >= 4 is 0 Å². The molecule has 0 bridgehead atoms. The largest absolute Gasteiger partial charge is 0.331 e. The average molecular weight is 283 g/mol. The standard InChI is InChI=1S/C17H31FN2/c18-15-9-7-14(8-10-15)13-20-12-4-2-6-17(20)16-5-1-3-11-19-16/h14-17,19H,1-13H2/p+1. The van der Waals surface area contributed by atoms with E-state index in [-0.39, 0.29) is 0 Å². The first-order chi connectivity index (χ1) is 9.83. The predicted octanol–water partition coefficient (Wildman–Crippen LogP) is 2.09. The van der Waals surface area contributed by atoms with Crippen LogP contribution in [0.1, 0.15) is 64.2 Å². The highest BCUT2D eigenvalue weighted by Gasteiger charge is 2.35. The Hall–Kier alpha value is -0.150. The molecule has 2 N–H and O–H groups in total. The molecule has 3 heteroatoms. The summed E-state index contributed by atoms with van der Waals surface area (Å²) >= 11 is 0. The second-order valence-electron chi connectivity index (χ2n) is 7.39. The van der Waals surface area contributed by atoms with Gasteiger partial charge in [-0.2, -0.15) is 0 Å². The van der Waals surface area contributed by atoms with Gasteiger partial charge in [-0.1, -0.05) is 6.42 Å². The van der Waals surface area contributed by atoms with E-state index in [0.29, 0.717) is 0 Å². The molecule has 2 aliphatic heterocycles. The zero-order valence-electron chi connectivity index (χ0n) is 12.9. The molecule has 0 aromatic rings. The average Bonchev–Trinajstić information content (AvgIpc) is 2.51. The van der Waals surface area contributed by atoms with Gasteiger partial charge in [-0.3, -0.25) is 0 Å². The van der Waals surface area contributed by atoms with Crippen molar-refractivity contribution in [3.63, 3.8) is 0 Å². The molecular formula is C17H32FN2+. The van der Waals surface area contributed by atoms with Crippen molar-refractivity contribution < 1.29 is 9.29 Å². The number of halogens is 1. The highest BCUT2D eigenvalue weighted by molar-refractivity contribution is 4.82. The topological polar surface area (TPSA) is 16.5 Å². The van der Waals surface area contributed by atoms with E-state index in [0.717, 1.165) is 43.7 Å². The van der Waals surface area contributed by atoms with Gasteiger partial charge in [0.2, 0.25) is 0 Å². The van der Waals surface area contributed by atoms with E-state index in [2.05, 4.69) is 5.32 Å². The van der Waals surface area contributed by atoms with E-state index >= 15 is 0 Å². The van der Waals surface area contributed by atoms with Crippen LogP contribution >= 0.6 is 0 Å². The lowest BCUT2D eigenvalue weighted by atomic mass is 9.85. The highest BCUT2D eigenvalue weighted by atomic mass is 19.1. The van der Waals surface area contributed by atoms with Gasteiger partial charge < -0.3 is 10.2 Å². The number of hydrogen-bond acceptors (Lipinski definition) is 1. The summed E-state index contributed by atoms with van der Waals surface area (Å²) in [6.07, 6.45) is 11.8. The highest BCUT2D eigenvalue weighted by Crippen LogP contribution is 2.25. The van der Waals surface area contributed by atoms with Gasteiger partial charge in [0.25, 0.3) is 0 Å². The third-order valence-electron chi connectivity index (χ3n) is 5.95. The molecule has 0 radical (unpaired) electrons. The quantitative estimate of drug-likeness (QED) is 0.811. The van der Waals surface area contributed by atoms with E-state index in [9.17, 15) is 4.39 Å². The minimum Gasteiger partial charge on any atom is -0.331 e. The summed E-state index contributed by atoms with van der Waals surface area (Å²) in [6.45, 7) is 3.90. The molecule has 0 aromatic carbocycles. The van der Waals surface area contributed by atoms with Crippen LogP contribution in [0.4, 0.5) is 4.39 Å². The Morgan fingerprint density at radius 3 is 2.45 bits per heavy atom.